The van der Waals surface area contributed by atoms with E-state index in [9.17, 15) is 20.4 Å². The minimum Gasteiger partial charge on any atom is -0.393 e. The van der Waals surface area contributed by atoms with E-state index in [1.54, 1.807) is 19.9 Å². The third-order valence-corrected chi connectivity index (χ3v) is 8.26. The molecule has 0 aromatic heterocycles. The van der Waals surface area contributed by atoms with E-state index in [1.807, 2.05) is 0 Å². The van der Waals surface area contributed by atoms with Gasteiger partial charge in [-0.25, -0.2) is 0 Å². The van der Waals surface area contributed by atoms with Crippen LogP contribution in [0.2, 0.25) is 0 Å². The zero-order valence-corrected chi connectivity index (χ0v) is 19.7. The molecule has 0 radical (unpaired) electrons. The first-order chi connectivity index (χ1) is 14.4. The topological polar surface area (TPSA) is 80.9 Å². The zero-order valence-electron chi connectivity index (χ0n) is 19.7. The third-order valence-electron chi connectivity index (χ3n) is 8.26. The molecule has 7 atom stereocenters. The van der Waals surface area contributed by atoms with Crippen molar-refractivity contribution in [3.63, 3.8) is 0 Å². The summed E-state index contributed by atoms with van der Waals surface area (Å²) in [6, 6.07) is 0. The summed E-state index contributed by atoms with van der Waals surface area (Å²) in [6.45, 7) is 12.0. The molecule has 4 N–H and O–H groups in total. The second-order valence-electron chi connectivity index (χ2n) is 11.0. The van der Waals surface area contributed by atoms with E-state index in [2.05, 4.69) is 38.7 Å². The van der Waals surface area contributed by atoms with Crippen molar-refractivity contribution in [2.24, 2.45) is 23.2 Å². The largest absolute Gasteiger partial charge is 0.393 e. The molecule has 4 nitrogen and oxygen atoms in total. The van der Waals surface area contributed by atoms with Crippen LogP contribution >= 0.6 is 0 Å². The molecule has 0 unspecified atom stereocenters. The van der Waals surface area contributed by atoms with Crippen molar-refractivity contribution in [1.29, 1.82) is 0 Å². The Hall–Kier alpha value is -1.20. The minimum atomic E-state index is -1.13. The molecule has 0 aliphatic heterocycles. The van der Waals surface area contributed by atoms with Gasteiger partial charge >= 0.3 is 0 Å². The van der Waals surface area contributed by atoms with Crippen LogP contribution in [0.4, 0.5) is 0 Å². The van der Waals surface area contributed by atoms with Crippen LogP contribution in [-0.4, -0.2) is 44.3 Å². The zero-order chi connectivity index (χ0) is 23.0. The van der Waals surface area contributed by atoms with Gasteiger partial charge in [0.25, 0.3) is 0 Å². The van der Waals surface area contributed by atoms with Gasteiger partial charge in [0.2, 0.25) is 0 Å². The summed E-state index contributed by atoms with van der Waals surface area (Å²) >= 11 is 0. The molecule has 0 heterocycles. The quantitative estimate of drug-likeness (QED) is 0.486. The molecule has 4 heteroatoms. The molecule has 3 saturated carbocycles. The monoisotopic (exact) mass is 430 g/mol. The summed E-state index contributed by atoms with van der Waals surface area (Å²) in [4.78, 5) is 0. The van der Waals surface area contributed by atoms with Crippen molar-refractivity contribution < 1.29 is 20.4 Å². The van der Waals surface area contributed by atoms with Gasteiger partial charge in [-0.2, -0.15) is 0 Å². The number of allylic oxidation sites excluding steroid dienone is 4. The van der Waals surface area contributed by atoms with Gasteiger partial charge in [-0.3, -0.25) is 0 Å². The van der Waals surface area contributed by atoms with E-state index >= 15 is 0 Å². The lowest BCUT2D eigenvalue weighted by molar-refractivity contribution is -0.0229. The standard InChI is InChI=1S/C27H42O4/c1-17(8-13-25(30)26(3,4)31)22-11-12-23-19(7-6-14-27(22,23)5)9-10-20-15-21(28)16-24(29)18(20)2/h8-10,13,17,21-25,28-31H,2,6-7,11-12,14-16H2,1,3-5H3/b13-8+,19-9+,20-10-/t17-,21-,22-,23+,24+,25-,27-/m1/s1. The summed E-state index contributed by atoms with van der Waals surface area (Å²) < 4.78 is 0. The van der Waals surface area contributed by atoms with E-state index in [0.717, 1.165) is 17.6 Å². The molecule has 174 valence electrons. The summed E-state index contributed by atoms with van der Waals surface area (Å²) in [5, 5.41) is 40.3. The Bertz CT molecular complexity index is 756. The predicted molar refractivity (Wildman–Crippen MR) is 125 cm³/mol. The van der Waals surface area contributed by atoms with Crippen LogP contribution in [-0.2, 0) is 0 Å². The SMILES string of the molecule is C=C1/C(=C\C=C2/CCC[C@]3(C)[C@@H]([C@H](C)/C=C/[C@@H](O)C(C)(C)O)CC[C@@H]23)C[C@@H](O)C[C@@H]1O. The number of hydrogen-bond acceptors (Lipinski definition) is 4. The minimum absolute atomic E-state index is 0.231. The average Bonchev–Trinajstić information content (AvgIpc) is 3.04. The lowest BCUT2D eigenvalue weighted by atomic mass is 9.61. The number of rotatable bonds is 5. The fourth-order valence-corrected chi connectivity index (χ4v) is 6.26. The molecule has 0 aromatic carbocycles. The summed E-state index contributed by atoms with van der Waals surface area (Å²) in [5.41, 5.74) is 2.30. The molecule has 3 rings (SSSR count). The van der Waals surface area contributed by atoms with Crippen LogP contribution in [0.15, 0.2) is 47.6 Å². The van der Waals surface area contributed by atoms with Gasteiger partial charge in [-0.05, 0) is 86.7 Å². The Morgan fingerprint density at radius 1 is 1.16 bits per heavy atom. The molecule has 3 aliphatic rings. The molecule has 3 fully saturated rings. The van der Waals surface area contributed by atoms with Crippen molar-refractivity contribution in [3.05, 3.63) is 47.6 Å². The smallest absolute Gasteiger partial charge is 0.100 e. The van der Waals surface area contributed by atoms with Gasteiger partial charge in [0.05, 0.1) is 17.8 Å². The molecular formula is C27H42O4. The van der Waals surface area contributed by atoms with Crippen molar-refractivity contribution in [1.82, 2.24) is 0 Å². The summed E-state index contributed by atoms with van der Waals surface area (Å²) in [7, 11) is 0. The lowest BCUT2D eigenvalue weighted by Crippen LogP contribution is -2.36. The van der Waals surface area contributed by atoms with Crippen molar-refractivity contribution in [3.8, 4) is 0 Å². The predicted octanol–water partition coefficient (Wildman–Crippen LogP) is 4.45. The number of aliphatic hydroxyl groups is 4. The van der Waals surface area contributed by atoms with Crippen molar-refractivity contribution in [2.75, 3.05) is 0 Å². The average molecular weight is 431 g/mol. The molecule has 3 aliphatic carbocycles. The van der Waals surface area contributed by atoms with Gasteiger partial charge < -0.3 is 20.4 Å². The van der Waals surface area contributed by atoms with Crippen LogP contribution in [0, 0.1) is 23.2 Å². The Balaban J connectivity index is 1.76. The van der Waals surface area contributed by atoms with E-state index in [1.165, 1.54) is 31.3 Å². The van der Waals surface area contributed by atoms with Crippen LogP contribution in [0.1, 0.15) is 72.6 Å². The fraction of sp³-hybridized carbons (Fsp3) is 0.704. The van der Waals surface area contributed by atoms with E-state index in [-0.39, 0.29) is 5.41 Å². The van der Waals surface area contributed by atoms with Gasteiger partial charge in [-0.1, -0.05) is 50.3 Å². The number of aliphatic hydroxyl groups excluding tert-OH is 3. The van der Waals surface area contributed by atoms with Crippen molar-refractivity contribution in [2.45, 2.75) is 96.6 Å². The molecule has 0 amide bonds. The fourth-order valence-electron chi connectivity index (χ4n) is 6.26. The Labute approximate surface area is 188 Å². The highest BCUT2D eigenvalue weighted by atomic mass is 16.3. The van der Waals surface area contributed by atoms with Gasteiger partial charge in [0.1, 0.15) is 6.10 Å². The Morgan fingerprint density at radius 2 is 1.87 bits per heavy atom. The van der Waals surface area contributed by atoms with E-state index in [4.69, 9.17) is 0 Å². The van der Waals surface area contributed by atoms with Crippen LogP contribution < -0.4 is 0 Å². The molecule has 0 saturated heterocycles. The van der Waals surface area contributed by atoms with Gasteiger partial charge in [-0.15, -0.1) is 0 Å². The Kier molecular flexibility index (Phi) is 7.37. The highest BCUT2D eigenvalue weighted by Gasteiger charge is 2.50. The maximum atomic E-state index is 10.2. The maximum absolute atomic E-state index is 10.2. The number of fused-ring (bicyclic) bond motifs is 1. The lowest BCUT2D eigenvalue weighted by Gasteiger charge is -2.44. The maximum Gasteiger partial charge on any atom is 0.100 e. The summed E-state index contributed by atoms with van der Waals surface area (Å²) in [5.74, 6) is 1.44. The number of hydrogen-bond donors (Lipinski definition) is 4. The first kappa shape index (κ1) is 24.4. The van der Waals surface area contributed by atoms with E-state index < -0.39 is 23.9 Å². The molecule has 0 aromatic rings. The molecule has 0 spiro atoms. The molecule has 0 bridgehead atoms. The van der Waals surface area contributed by atoms with Crippen LogP contribution in [0.3, 0.4) is 0 Å². The van der Waals surface area contributed by atoms with Gasteiger partial charge in [0, 0.05) is 6.42 Å². The molecule has 31 heavy (non-hydrogen) atoms. The Morgan fingerprint density at radius 3 is 2.55 bits per heavy atom. The normalized spacial score (nSPS) is 39.3. The highest BCUT2D eigenvalue weighted by Crippen LogP contribution is 2.59. The van der Waals surface area contributed by atoms with Crippen LogP contribution in [0.25, 0.3) is 0 Å². The van der Waals surface area contributed by atoms with E-state index in [0.29, 0.717) is 30.6 Å². The van der Waals surface area contributed by atoms with Crippen LogP contribution in [0.5, 0.6) is 0 Å². The van der Waals surface area contributed by atoms with Crippen molar-refractivity contribution >= 4 is 0 Å². The second kappa shape index (κ2) is 9.35. The highest BCUT2D eigenvalue weighted by molar-refractivity contribution is 5.38. The molecular weight excluding hydrogens is 388 g/mol. The first-order valence-corrected chi connectivity index (χ1v) is 12.0. The second-order valence-corrected chi connectivity index (χ2v) is 11.0. The van der Waals surface area contributed by atoms with Gasteiger partial charge in [0.15, 0.2) is 0 Å². The first-order valence-electron chi connectivity index (χ1n) is 12.0. The summed E-state index contributed by atoms with van der Waals surface area (Å²) in [6.07, 6.45) is 13.0. The third kappa shape index (κ3) is 5.24.